The molecule has 4 rings (SSSR count). The zero-order chi connectivity index (χ0) is 21.5. The molecule has 1 saturated carbocycles. The van der Waals surface area contributed by atoms with E-state index in [1.165, 1.54) is 6.07 Å². The van der Waals surface area contributed by atoms with Gasteiger partial charge in [0.15, 0.2) is 0 Å². The molecule has 0 aliphatic heterocycles. The fourth-order valence-electron chi connectivity index (χ4n) is 3.92. The number of fused-ring (bicyclic) bond motifs is 1. The zero-order valence-electron chi connectivity index (χ0n) is 15.8. The molecule has 2 N–H and O–H groups in total. The third kappa shape index (κ3) is 4.20. The highest BCUT2D eigenvalue weighted by Crippen LogP contribution is 2.45. The summed E-state index contributed by atoms with van der Waals surface area (Å²) in [6.07, 6.45) is 1.95. The summed E-state index contributed by atoms with van der Waals surface area (Å²) >= 11 is 12.2. The molecule has 0 radical (unpaired) electrons. The molecule has 0 saturated heterocycles. The molecule has 1 fully saturated rings. The molecular weight excluding hydrogens is 433 g/mol. The van der Waals surface area contributed by atoms with Crippen LogP contribution in [0.3, 0.4) is 0 Å². The van der Waals surface area contributed by atoms with Gasteiger partial charge in [-0.05, 0) is 60.7 Å². The molecule has 1 aliphatic rings. The molecule has 0 amide bonds. The van der Waals surface area contributed by atoms with Crippen LogP contribution in [0.5, 0.6) is 0 Å². The van der Waals surface area contributed by atoms with E-state index in [0.29, 0.717) is 45.2 Å². The van der Waals surface area contributed by atoms with Crippen molar-refractivity contribution in [3.8, 4) is 0 Å². The van der Waals surface area contributed by atoms with Crippen LogP contribution in [0.25, 0.3) is 10.9 Å². The number of hydrogen-bond acceptors (Lipinski definition) is 3. The minimum atomic E-state index is -2.65. The minimum Gasteiger partial charge on any atom is -0.478 e. The Morgan fingerprint density at radius 2 is 1.77 bits per heavy atom. The van der Waals surface area contributed by atoms with Crippen molar-refractivity contribution in [3.63, 3.8) is 0 Å². The van der Waals surface area contributed by atoms with Gasteiger partial charge in [0, 0.05) is 34.5 Å². The predicted molar refractivity (Wildman–Crippen MR) is 115 cm³/mol. The Morgan fingerprint density at radius 3 is 2.47 bits per heavy atom. The van der Waals surface area contributed by atoms with Gasteiger partial charge < -0.3 is 10.4 Å². The molecule has 3 aromatic rings. The number of nitrogens with one attached hydrogen (secondary N) is 1. The van der Waals surface area contributed by atoms with E-state index < -0.39 is 11.9 Å². The van der Waals surface area contributed by atoms with Crippen LogP contribution in [0, 0.1) is 0 Å². The van der Waals surface area contributed by atoms with Gasteiger partial charge in [-0.2, -0.15) is 0 Å². The summed E-state index contributed by atoms with van der Waals surface area (Å²) in [5, 5.41) is 14.3. The third-order valence-corrected chi connectivity index (χ3v) is 5.96. The van der Waals surface area contributed by atoms with Gasteiger partial charge in [-0.25, -0.2) is 13.6 Å². The van der Waals surface area contributed by atoms with Gasteiger partial charge in [0.25, 0.3) is 0 Å². The summed E-state index contributed by atoms with van der Waals surface area (Å²) in [6, 6.07) is 9.76. The lowest BCUT2D eigenvalue weighted by Gasteiger charge is -2.30. The minimum absolute atomic E-state index is 0.00983. The number of alkyl halides is 2. The van der Waals surface area contributed by atoms with E-state index in [4.69, 9.17) is 23.2 Å². The van der Waals surface area contributed by atoms with Gasteiger partial charge in [0.1, 0.15) is 0 Å². The summed E-state index contributed by atoms with van der Waals surface area (Å²) in [7, 11) is 0. The van der Waals surface area contributed by atoms with E-state index in [1.807, 2.05) is 0 Å². The molecule has 30 heavy (non-hydrogen) atoms. The number of rotatable bonds is 4. The number of carboxylic acid groups (broad SMARTS) is 1. The lowest BCUT2D eigenvalue weighted by atomic mass is 9.81. The third-order valence-electron chi connectivity index (χ3n) is 5.49. The second-order valence-electron chi connectivity index (χ2n) is 7.50. The number of carboxylic acids is 1. The molecule has 2 aromatic carbocycles. The van der Waals surface area contributed by atoms with E-state index in [9.17, 15) is 18.7 Å². The quantitative estimate of drug-likeness (QED) is 0.438. The largest absolute Gasteiger partial charge is 0.478 e. The van der Waals surface area contributed by atoms with E-state index in [2.05, 4.69) is 10.3 Å². The van der Waals surface area contributed by atoms with Crippen LogP contribution in [0.2, 0.25) is 10.0 Å². The molecule has 1 heterocycles. The number of carbonyl (C=O) groups is 1. The Morgan fingerprint density at radius 1 is 1.10 bits per heavy atom. The van der Waals surface area contributed by atoms with Crippen molar-refractivity contribution in [1.82, 2.24) is 4.98 Å². The first-order valence-electron chi connectivity index (χ1n) is 9.49. The first-order chi connectivity index (χ1) is 14.2. The molecule has 0 bridgehead atoms. The van der Waals surface area contributed by atoms with Gasteiger partial charge in [-0.15, -0.1) is 0 Å². The Balaban J connectivity index is 1.85. The maximum Gasteiger partial charge on any atom is 0.337 e. The van der Waals surface area contributed by atoms with E-state index >= 15 is 0 Å². The fourth-order valence-corrected chi connectivity index (χ4v) is 4.26. The zero-order valence-corrected chi connectivity index (χ0v) is 17.3. The van der Waals surface area contributed by atoms with Crippen LogP contribution < -0.4 is 5.32 Å². The van der Waals surface area contributed by atoms with Crippen LogP contribution >= 0.6 is 23.2 Å². The fraction of sp³-hybridized carbons (Fsp3) is 0.273. The SMILES string of the molecule is O=C(O)c1cc(Cl)ccc1Nc1c(C2CCC(F)(F)CC2)cnc2ccc(Cl)cc12. The van der Waals surface area contributed by atoms with Crippen molar-refractivity contribution >= 4 is 51.4 Å². The summed E-state index contributed by atoms with van der Waals surface area (Å²) in [6.45, 7) is 0. The van der Waals surface area contributed by atoms with Gasteiger partial charge in [-0.3, -0.25) is 4.98 Å². The molecule has 0 unspecified atom stereocenters. The maximum absolute atomic E-state index is 13.7. The van der Waals surface area contributed by atoms with Crippen molar-refractivity contribution in [2.24, 2.45) is 0 Å². The van der Waals surface area contributed by atoms with Gasteiger partial charge >= 0.3 is 5.97 Å². The second-order valence-corrected chi connectivity index (χ2v) is 8.37. The highest BCUT2D eigenvalue weighted by atomic mass is 35.5. The van der Waals surface area contributed by atoms with Crippen LogP contribution in [0.15, 0.2) is 42.6 Å². The molecular formula is C22H18Cl2F2N2O2. The topological polar surface area (TPSA) is 62.2 Å². The number of aromatic carboxylic acids is 1. The van der Waals surface area contributed by atoms with E-state index in [-0.39, 0.29) is 24.3 Å². The average molecular weight is 451 g/mol. The Hall–Kier alpha value is -2.44. The highest BCUT2D eigenvalue weighted by molar-refractivity contribution is 6.31. The number of benzene rings is 2. The molecule has 0 atom stereocenters. The summed E-state index contributed by atoms with van der Waals surface area (Å²) in [5.41, 5.74) is 2.42. The van der Waals surface area contributed by atoms with Crippen LogP contribution in [0.4, 0.5) is 20.2 Å². The van der Waals surface area contributed by atoms with Crippen LogP contribution in [0.1, 0.15) is 47.5 Å². The van der Waals surface area contributed by atoms with Crippen molar-refractivity contribution in [1.29, 1.82) is 0 Å². The van der Waals surface area contributed by atoms with Gasteiger partial charge in [0.2, 0.25) is 5.92 Å². The molecule has 4 nitrogen and oxygen atoms in total. The number of anilines is 2. The van der Waals surface area contributed by atoms with E-state index in [1.54, 1.807) is 36.5 Å². The number of nitrogens with zero attached hydrogens (tertiary/aromatic N) is 1. The monoisotopic (exact) mass is 450 g/mol. The summed E-state index contributed by atoms with van der Waals surface area (Å²) < 4.78 is 27.4. The van der Waals surface area contributed by atoms with Gasteiger partial charge in [-0.1, -0.05) is 23.2 Å². The van der Waals surface area contributed by atoms with Crippen molar-refractivity contribution in [3.05, 3.63) is 63.8 Å². The Bertz CT molecular complexity index is 1130. The number of halogens is 4. The highest BCUT2D eigenvalue weighted by Gasteiger charge is 2.36. The smallest absolute Gasteiger partial charge is 0.337 e. The normalized spacial score (nSPS) is 16.5. The predicted octanol–water partition coefficient (Wildman–Crippen LogP) is 7.28. The Labute approximate surface area is 181 Å². The van der Waals surface area contributed by atoms with Gasteiger partial charge in [0.05, 0.1) is 22.5 Å². The van der Waals surface area contributed by atoms with Crippen LogP contribution in [-0.4, -0.2) is 22.0 Å². The lowest BCUT2D eigenvalue weighted by molar-refractivity contribution is -0.0381. The summed E-state index contributed by atoms with van der Waals surface area (Å²) in [4.78, 5) is 16.2. The Kier molecular flexibility index (Phi) is 5.55. The molecule has 1 aliphatic carbocycles. The molecule has 0 spiro atoms. The molecule has 1 aromatic heterocycles. The van der Waals surface area contributed by atoms with Crippen LogP contribution in [-0.2, 0) is 0 Å². The number of hydrogen-bond donors (Lipinski definition) is 2. The molecule has 156 valence electrons. The van der Waals surface area contributed by atoms with Crippen molar-refractivity contribution in [2.45, 2.75) is 37.5 Å². The standard InChI is InChI=1S/C22H18Cl2F2N2O2/c23-13-1-3-18-15(9-13)20(28-19-4-2-14(24)10-16(19)21(29)30)17(11-27-18)12-5-7-22(25,26)8-6-12/h1-4,9-12H,5-8H2,(H,27,28)(H,29,30). The number of aromatic nitrogens is 1. The first-order valence-corrected chi connectivity index (χ1v) is 10.2. The first kappa shape index (κ1) is 20.8. The average Bonchev–Trinajstić information content (AvgIpc) is 2.69. The lowest BCUT2D eigenvalue weighted by Crippen LogP contribution is -2.24. The maximum atomic E-state index is 13.7. The van der Waals surface area contributed by atoms with Crippen molar-refractivity contribution < 1.29 is 18.7 Å². The second kappa shape index (κ2) is 8.00. The molecule has 8 heteroatoms. The van der Waals surface area contributed by atoms with E-state index in [0.717, 1.165) is 5.56 Å². The number of pyridine rings is 1. The van der Waals surface area contributed by atoms with Crippen molar-refractivity contribution in [2.75, 3.05) is 5.32 Å². The summed E-state index contributed by atoms with van der Waals surface area (Å²) in [5.74, 6) is -3.90.